The molecule has 4 rings (SSSR count). The largest absolute Gasteiger partial charge is 0.422 e. The quantitative estimate of drug-likeness (QED) is 0.665. The number of nitrogens with one attached hydrogen (secondary N) is 1. The lowest BCUT2D eigenvalue weighted by Crippen LogP contribution is -3.13. The van der Waals surface area contributed by atoms with E-state index >= 15 is 0 Å². The Bertz CT molecular complexity index is 1130. The van der Waals surface area contributed by atoms with Crippen molar-refractivity contribution in [3.63, 3.8) is 0 Å². The first kappa shape index (κ1) is 20.5. The maximum atomic E-state index is 13.0. The van der Waals surface area contributed by atoms with Crippen molar-refractivity contribution in [3.8, 4) is 0 Å². The van der Waals surface area contributed by atoms with Gasteiger partial charge in [0, 0.05) is 22.7 Å². The summed E-state index contributed by atoms with van der Waals surface area (Å²) in [6, 6.07) is 11.1. The fraction of sp³-hybridized carbons (Fsp3) is 0.348. The molecule has 1 aliphatic rings. The first-order chi connectivity index (χ1) is 14.2. The second-order valence-corrected chi connectivity index (χ2v) is 7.94. The van der Waals surface area contributed by atoms with Crippen molar-refractivity contribution in [1.82, 2.24) is 0 Å². The van der Waals surface area contributed by atoms with Crippen molar-refractivity contribution < 1.29 is 22.5 Å². The zero-order valence-electron chi connectivity index (χ0n) is 17.0. The highest BCUT2D eigenvalue weighted by Crippen LogP contribution is 2.31. The molecule has 30 heavy (non-hydrogen) atoms. The Balaban J connectivity index is 1.50. The van der Waals surface area contributed by atoms with E-state index in [4.69, 9.17) is 4.42 Å². The summed E-state index contributed by atoms with van der Waals surface area (Å²) in [6.07, 6.45) is -4.34. The molecule has 0 atom stereocenters. The maximum Gasteiger partial charge on any atom is 0.416 e. The molecular weight excluding hydrogens is 393 g/mol. The second-order valence-electron chi connectivity index (χ2n) is 7.94. The molecule has 1 saturated heterocycles. The molecule has 1 aromatic heterocycles. The number of halogens is 3. The van der Waals surface area contributed by atoms with Crippen LogP contribution in [0.25, 0.3) is 11.0 Å². The Morgan fingerprint density at radius 3 is 2.50 bits per heavy atom. The molecule has 0 bridgehead atoms. The van der Waals surface area contributed by atoms with Gasteiger partial charge in [0.25, 0.3) is 0 Å². The van der Waals surface area contributed by atoms with Crippen molar-refractivity contribution in [2.75, 3.05) is 31.1 Å². The van der Waals surface area contributed by atoms with Crippen molar-refractivity contribution in [3.05, 3.63) is 75.1 Å². The van der Waals surface area contributed by atoms with Gasteiger partial charge in [0.2, 0.25) is 0 Å². The summed E-state index contributed by atoms with van der Waals surface area (Å²) in [4.78, 5) is 15.4. The smallest absolute Gasteiger partial charge is 0.416 e. The number of anilines is 1. The molecule has 0 amide bonds. The summed E-state index contributed by atoms with van der Waals surface area (Å²) in [5, 5.41) is 0.950. The van der Waals surface area contributed by atoms with Gasteiger partial charge >= 0.3 is 11.8 Å². The van der Waals surface area contributed by atoms with E-state index in [9.17, 15) is 18.0 Å². The van der Waals surface area contributed by atoms with Crippen LogP contribution in [0.4, 0.5) is 18.9 Å². The standard InChI is InChI=1S/C23H23F3N2O2/c1-15-6-7-20-17(12-21(29)30-22(20)16(15)2)14-27-8-10-28(11-9-27)19-5-3-4-18(13-19)23(24,25)26/h3-7,12-13H,8-11,14H2,1-2H3/p+1. The lowest BCUT2D eigenvalue weighted by Gasteiger charge is -2.34. The minimum Gasteiger partial charge on any atom is -0.422 e. The van der Waals surface area contributed by atoms with E-state index in [-0.39, 0.29) is 5.63 Å². The number of piperazine rings is 1. The zero-order valence-corrected chi connectivity index (χ0v) is 17.0. The molecule has 0 aliphatic carbocycles. The van der Waals surface area contributed by atoms with Crippen LogP contribution in [0.1, 0.15) is 22.3 Å². The molecule has 1 aliphatic heterocycles. The molecule has 4 nitrogen and oxygen atoms in total. The van der Waals surface area contributed by atoms with Crippen molar-refractivity contribution in [1.29, 1.82) is 0 Å². The highest BCUT2D eigenvalue weighted by Gasteiger charge is 2.31. The predicted molar refractivity (Wildman–Crippen MR) is 110 cm³/mol. The number of rotatable bonds is 3. The van der Waals surface area contributed by atoms with Crippen LogP contribution in [0.5, 0.6) is 0 Å². The molecule has 158 valence electrons. The number of nitrogens with zero attached hydrogens (tertiary/aromatic N) is 1. The minimum atomic E-state index is -4.34. The van der Waals surface area contributed by atoms with Gasteiger partial charge in [0.05, 0.1) is 31.7 Å². The Kier molecular flexibility index (Phi) is 5.32. The molecule has 0 spiro atoms. The van der Waals surface area contributed by atoms with Crippen LogP contribution in [0.15, 0.2) is 51.7 Å². The van der Waals surface area contributed by atoms with Crippen LogP contribution in [0.3, 0.4) is 0 Å². The highest BCUT2D eigenvalue weighted by molar-refractivity contribution is 5.83. The SMILES string of the molecule is Cc1ccc2c(C[NH+]3CCN(c4cccc(C(F)(F)F)c4)CC3)cc(=O)oc2c1C. The molecule has 3 aromatic rings. The Morgan fingerprint density at radius 2 is 1.80 bits per heavy atom. The van der Waals surface area contributed by atoms with Gasteiger partial charge in [0.15, 0.2) is 0 Å². The van der Waals surface area contributed by atoms with Crippen LogP contribution >= 0.6 is 0 Å². The predicted octanol–water partition coefficient (Wildman–Crippen LogP) is 3.33. The van der Waals surface area contributed by atoms with Gasteiger partial charge in [-0.25, -0.2) is 4.79 Å². The van der Waals surface area contributed by atoms with Gasteiger partial charge in [0.1, 0.15) is 12.1 Å². The van der Waals surface area contributed by atoms with Gasteiger partial charge in [-0.1, -0.05) is 18.2 Å². The first-order valence-electron chi connectivity index (χ1n) is 10.0. The lowest BCUT2D eigenvalue weighted by molar-refractivity contribution is -0.914. The fourth-order valence-corrected chi connectivity index (χ4v) is 4.08. The summed E-state index contributed by atoms with van der Waals surface area (Å²) in [5.41, 5.74) is 3.25. The normalized spacial score (nSPS) is 15.7. The Hall–Kier alpha value is -2.80. The van der Waals surface area contributed by atoms with Gasteiger partial charge in [-0.2, -0.15) is 13.2 Å². The van der Waals surface area contributed by atoms with Gasteiger partial charge in [-0.15, -0.1) is 0 Å². The first-order valence-corrected chi connectivity index (χ1v) is 10.0. The summed E-state index contributed by atoms with van der Waals surface area (Å²) >= 11 is 0. The Morgan fingerprint density at radius 1 is 1.07 bits per heavy atom. The number of alkyl halides is 3. The maximum absolute atomic E-state index is 13.0. The third-order valence-electron chi connectivity index (χ3n) is 5.97. The molecule has 2 aromatic carbocycles. The number of benzene rings is 2. The van der Waals surface area contributed by atoms with E-state index in [0.29, 0.717) is 30.9 Å². The summed E-state index contributed by atoms with van der Waals surface area (Å²) in [7, 11) is 0. The minimum absolute atomic E-state index is 0.354. The number of aryl methyl sites for hydroxylation is 2. The summed E-state index contributed by atoms with van der Waals surface area (Å²) in [6.45, 7) is 7.50. The third kappa shape index (κ3) is 4.07. The molecule has 2 heterocycles. The zero-order chi connectivity index (χ0) is 21.5. The van der Waals surface area contributed by atoms with E-state index in [1.165, 1.54) is 17.0 Å². The van der Waals surface area contributed by atoms with E-state index in [1.807, 2.05) is 30.9 Å². The van der Waals surface area contributed by atoms with Crippen molar-refractivity contribution in [2.45, 2.75) is 26.6 Å². The number of fused-ring (bicyclic) bond motifs is 1. The highest BCUT2D eigenvalue weighted by atomic mass is 19.4. The molecule has 1 N–H and O–H groups in total. The van der Waals surface area contributed by atoms with Crippen LogP contribution in [-0.2, 0) is 12.7 Å². The molecule has 0 saturated carbocycles. The van der Waals surface area contributed by atoms with E-state index < -0.39 is 11.7 Å². The van der Waals surface area contributed by atoms with Crippen LogP contribution in [-0.4, -0.2) is 26.2 Å². The summed E-state index contributed by atoms with van der Waals surface area (Å²) < 4.78 is 44.4. The van der Waals surface area contributed by atoms with Crippen LogP contribution < -0.4 is 15.4 Å². The fourth-order valence-electron chi connectivity index (χ4n) is 4.08. The molecule has 7 heteroatoms. The average molecular weight is 417 g/mol. The summed E-state index contributed by atoms with van der Waals surface area (Å²) in [5.74, 6) is 0. The number of hydrogen-bond donors (Lipinski definition) is 1. The van der Waals surface area contributed by atoms with Crippen molar-refractivity contribution >= 4 is 16.7 Å². The number of quaternary nitrogens is 1. The van der Waals surface area contributed by atoms with Crippen LogP contribution in [0, 0.1) is 13.8 Å². The second kappa shape index (κ2) is 7.80. The lowest BCUT2D eigenvalue weighted by atomic mass is 10.0. The molecule has 0 unspecified atom stereocenters. The Labute approximate surface area is 172 Å². The average Bonchev–Trinajstić information content (AvgIpc) is 2.71. The van der Waals surface area contributed by atoms with Crippen molar-refractivity contribution in [2.24, 2.45) is 0 Å². The monoisotopic (exact) mass is 417 g/mol. The van der Waals surface area contributed by atoms with Crippen LogP contribution in [0.2, 0.25) is 0 Å². The topological polar surface area (TPSA) is 37.9 Å². The van der Waals surface area contributed by atoms with Gasteiger partial charge in [-0.3, -0.25) is 0 Å². The molecule has 0 radical (unpaired) electrons. The van der Waals surface area contributed by atoms with E-state index in [0.717, 1.165) is 41.2 Å². The third-order valence-corrected chi connectivity index (χ3v) is 5.97. The number of hydrogen-bond acceptors (Lipinski definition) is 3. The van der Waals surface area contributed by atoms with Gasteiger partial charge in [-0.05, 0) is 43.2 Å². The van der Waals surface area contributed by atoms with E-state index in [1.54, 1.807) is 12.1 Å². The molecule has 1 fully saturated rings. The van der Waals surface area contributed by atoms with Gasteiger partial charge < -0.3 is 14.2 Å². The molecular formula is C23H24F3N2O2+. The van der Waals surface area contributed by atoms with E-state index in [2.05, 4.69) is 0 Å².